The second kappa shape index (κ2) is 7.49. The Balaban J connectivity index is 1.32. The van der Waals surface area contributed by atoms with E-state index in [0.29, 0.717) is 24.4 Å². The topological polar surface area (TPSA) is 79.5 Å². The predicted molar refractivity (Wildman–Crippen MR) is 116 cm³/mol. The van der Waals surface area contributed by atoms with E-state index in [1.807, 2.05) is 54.5 Å². The number of nitrogens with zero attached hydrogens (tertiary/aromatic N) is 7. The zero-order valence-electron chi connectivity index (χ0n) is 16.8. The summed E-state index contributed by atoms with van der Waals surface area (Å²) >= 11 is 1.65. The molecule has 0 radical (unpaired) electrons. The van der Waals surface area contributed by atoms with Gasteiger partial charge in [0.15, 0.2) is 0 Å². The van der Waals surface area contributed by atoms with E-state index < -0.39 is 0 Å². The van der Waals surface area contributed by atoms with Gasteiger partial charge < -0.3 is 9.80 Å². The fraction of sp³-hybridized carbons (Fsp3) is 0.286. The minimum atomic E-state index is 0.0363. The number of pyridine rings is 1. The zero-order chi connectivity index (χ0) is 20.7. The monoisotopic (exact) mass is 419 g/mol. The molecule has 1 fully saturated rings. The molecule has 0 unspecified atom stereocenters. The summed E-state index contributed by atoms with van der Waals surface area (Å²) in [5.41, 5.74) is 3.25. The van der Waals surface area contributed by atoms with Gasteiger partial charge in [-0.2, -0.15) is 14.6 Å². The van der Waals surface area contributed by atoms with Crippen LogP contribution < -0.4 is 4.90 Å². The molecular weight excluding hydrogens is 398 g/mol. The highest BCUT2D eigenvalue weighted by atomic mass is 32.1. The maximum atomic E-state index is 13.1. The quantitative estimate of drug-likeness (QED) is 0.508. The van der Waals surface area contributed by atoms with Crippen LogP contribution in [0, 0.1) is 13.8 Å². The molecule has 0 saturated carbocycles. The van der Waals surface area contributed by atoms with E-state index in [1.54, 1.807) is 15.9 Å². The Morgan fingerprint density at radius 2 is 1.90 bits per heavy atom. The van der Waals surface area contributed by atoms with Gasteiger partial charge in [-0.1, -0.05) is 6.07 Å². The molecule has 1 amide bonds. The third kappa shape index (κ3) is 3.30. The molecule has 0 atom stereocenters. The number of thiophene rings is 1. The van der Waals surface area contributed by atoms with Gasteiger partial charge in [0.25, 0.3) is 11.7 Å². The Morgan fingerprint density at radius 1 is 1.07 bits per heavy atom. The summed E-state index contributed by atoms with van der Waals surface area (Å²) in [6.07, 6.45) is 1.51. The van der Waals surface area contributed by atoms with Crippen molar-refractivity contribution in [2.45, 2.75) is 13.8 Å². The van der Waals surface area contributed by atoms with Gasteiger partial charge in [-0.05, 0) is 37.4 Å². The van der Waals surface area contributed by atoms with Crippen molar-refractivity contribution in [3.05, 3.63) is 59.0 Å². The number of amides is 1. The molecule has 0 spiro atoms. The predicted octanol–water partition coefficient (Wildman–Crippen LogP) is 2.83. The highest BCUT2D eigenvalue weighted by Crippen LogP contribution is 2.25. The van der Waals surface area contributed by atoms with Crippen molar-refractivity contribution in [1.29, 1.82) is 0 Å². The van der Waals surface area contributed by atoms with Gasteiger partial charge >= 0.3 is 0 Å². The lowest BCUT2D eigenvalue weighted by Crippen LogP contribution is -2.49. The Labute approximate surface area is 177 Å². The average Bonchev–Trinajstić information content (AvgIpc) is 3.45. The van der Waals surface area contributed by atoms with Crippen LogP contribution in [-0.2, 0) is 0 Å². The molecule has 0 aromatic carbocycles. The number of carbonyl (C=O) groups is 1. The standard InChI is InChI=1S/C21H21N7OS/c1-14-12-19(28-21(24-14)22-13-23-28)26-7-9-27(10-8-26)20(29)16-5-6-17(25-15(16)2)18-4-3-11-30-18/h3-6,11-13H,7-10H2,1-2H3. The first kappa shape index (κ1) is 18.7. The lowest BCUT2D eigenvalue weighted by molar-refractivity contribution is 0.0745. The van der Waals surface area contributed by atoms with Gasteiger partial charge in [0.05, 0.1) is 21.8 Å². The Morgan fingerprint density at radius 3 is 2.63 bits per heavy atom. The smallest absolute Gasteiger partial charge is 0.255 e. The molecule has 0 bridgehead atoms. The van der Waals surface area contributed by atoms with E-state index >= 15 is 0 Å². The van der Waals surface area contributed by atoms with E-state index in [4.69, 9.17) is 0 Å². The maximum Gasteiger partial charge on any atom is 0.255 e. The first-order valence-electron chi connectivity index (χ1n) is 9.83. The van der Waals surface area contributed by atoms with Gasteiger partial charge in [-0.15, -0.1) is 11.3 Å². The lowest BCUT2D eigenvalue weighted by Gasteiger charge is -2.36. The van der Waals surface area contributed by atoms with Crippen molar-refractivity contribution in [2.75, 3.05) is 31.1 Å². The number of aryl methyl sites for hydroxylation is 2. The number of piperazine rings is 1. The third-order valence-corrected chi connectivity index (χ3v) is 6.23. The van der Waals surface area contributed by atoms with Crippen LogP contribution in [0.15, 0.2) is 42.0 Å². The van der Waals surface area contributed by atoms with Crippen LogP contribution in [0.4, 0.5) is 5.82 Å². The molecule has 9 heteroatoms. The number of anilines is 1. The summed E-state index contributed by atoms with van der Waals surface area (Å²) in [5, 5.41) is 6.32. The minimum absolute atomic E-state index is 0.0363. The maximum absolute atomic E-state index is 13.1. The number of carbonyl (C=O) groups excluding carboxylic acids is 1. The Hall–Kier alpha value is -3.33. The van der Waals surface area contributed by atoms with E-state index in [2.05, 4.69) is 25.0 Å². The molecule has 1 saturated heterocycles. The second-order valence-electron chi connectivity index (χ2n) is 7.31. The van der Waals surface area contributed by atoms with E-state index in [-0.39, 0.29) is 5.91 Å². The van der Waals surface area contributed by atoms with Gasteiger partial charge in [0, 0.05) is 37.9 Å². The number of fused-ring (bicyclic) bond motifs is 1. The van der Waals surface area contributed by atoms with Crippen molar-refractivity contribution < 1.29 is 4.79 Å². The molecule has 1 aliphatic rings. The summed E-state index contributed by atoms with van der Waals surface area (Å²) in [7, 11) is 0. The highest BCUT2D eigenvalue weighted by molar-refractivity contribution is 7.13. The highest BCUT2D eigenvalue weighted by Gasteiger charge is 2.25. The third-order valence-electron chi connectivity index (χ3n) is 5.34. The number of rotatable bonds is 3. The summed E-state index contributed by atoms with van der Waals surface area (Å²) in [4.78, 5) is 31.6. The molecule has 0 N–H and O–H groups in total. The van der Waals surface area contributed by atoms with Crippen LogP contribution in [0.25, 0.3) is 16.3 Å². The normalized spacial score (nSPS) is 14.5. The average molecular weight is 420 g/mol. The largest absolute Gasteiger partial charge is 0.353 e. The summed E-state index contributed by atoms with van der Waals surface area (Å²) in [6, 6.07) is 9.89. The van der Waals surface area contributed by atoms with Crippen LogP contribution in [0.2, 0.25) is 0 Å². The summed E-state index contributed by atoms with van der Waals surface area (Å²) in [5.74, 6) is 1.59. The molecule has 1 aliphatic heterocycles. The van der Waals surface area contributed by atoms with Gasteiger partial charge in [0.1, 0.15) is 12.1 Å². The zero-order valence-corrected chi connectivity index (χ0v) is 17.6. The van der Waals surface area contributed by atoms with Crippen molar-refractivity contribution in [2.24, 2.45) is 0 Å². The molecule has 5 rings (SSSR count). The van der Waals surface area contributed by atoms with E-state index in [9.17, 15) is 4.79 Å². The molecule has 5 heterocycles. The number of hydrogen-bond acceptors (Lipinski definition) is 7. The molecule has 30 heavy (non-hydrogen) atoms. The Bertz CT molecular complexity index is 1210. The van der Waals surface area contributed by atoms with Gasteiger partial charge in [-0.3, -0.25) is 9.78 Å². The van der Waals surface area contributed by atoms with E-state index in [0.717, 1.165) is 40.9 Å². The van der Waals surface area contributed by atoms with Crippen LogP contribution in [0.1, 0.15) is 21.7 Å². The van der Waals surface area contributed by atoms with Gasteiger partial charge in [-0.25, -0.2) is 4.98 Å². The first-order valence-corrected chi connectivity index (χ1v) is 10.7. The minimum Gasteiger partial charge on any atom is -0.353 e. The van der Waals surface area contributed by atoms with Gasteiger partial charge in [0.2, 0.25) is 0 Å². The van der Waals surface area contributed by atoms with Crippen LogP contribution in [0.3, 0.4) is 0 Å². The lowest BCUT2D eigenvalue weighted by atomic mass is 10.1. The second-order valence-corrected chi connectivity index (χ2v) is 8.26. The molecule has 8 nitrogen and oxygen atoms in total. The van der Waals surface area contributed by atoms with Crippen LogP contribution in [-0.4, -0.2) is 61.6 Å². The Kier molecular flexibility index (Phi) is 4.66. The molecule has 4 aromatic heterocycles. The van der Waals surface area contributed by atoms with Crippen molar-refractivity contribution >= 4 is 28.8 Å². The first-order chi connectivity index (χ1) is 14.6. The SMILES string of the molecule is Cc1cc(N2CCN(C(=O)c3ccc(-c4cccs4)nc3C)CC2)n2ncnc2n1. The van der Waals surface area contributed by atoms with Crippen LogP contribution >= 0.6 is 11.3 Å². The fourth-order valence-corrected chi connectivity index (χ4v) is 4.49. The van der Waals surface area contributed by atoms with Crippen molar-refractivity contribution in [1.82, 2.24) is 29.5 Å². The number of aromatic nitrogens is 5. The number of hydrogen-bond donors (Lipinski definition) is 0. The van der Waals surface area contributed by atoms with Crippen molar-refractivity contribution in [3.8, 4) is 10.6 Å². The van der Waals surface area contributed by atoms with Crippen molar-refractivity contribution in [3.63, 3.8) is 0 Å². The molecular formula is C21H21N7OS. The summed E-state index contributed by atoms with van der Waals surface area (Å²) in [6.45, 7) is 6.59. The fourth-order valence-electron chi connectivity index (χ4n) is 3.79. The van der Waals surface area contributed by atoms with E-state index in [1.165, 1.54) is 6.33 Å². The molecule has 0 aliphatic carbocycles. The molecule has 152 valence electrons. The molecule has 4 aromatic rings. The summed E-state index contributed by atoms with van der Waals surface area (Å²) < 4.78 is 1.75. The van der Waals surface area contributed by atoms with Crippen LogP contribution in [0.5, 0.6) is 0 Å².